The Kier molecular flexibility index (Phi) is 7.74. The topological polar surface area (TPSA) is 140 Å². The van der Waals surface area contributed by atoms with Gasteiger partial charge < -0.3 is 29.5 Å². The number of hydrogen-bond donors (Lipinski definition) is 3. The summed E-state index contributed by atoms with van der Waals surface area (Å²) in [5, 5.41) is 31.9. The van der Waals surface area contributed by atoms with Gasteiger partial charge in [0.1, 0.15) is 16.9 Å². The van der Waals surface area contributed by atoms with Crippen LogP contribution in [0.15, 0.2) is 35.9 Å². The second-order valence-electron chi connectivity index (χ2n) is 8.92. The van der Waals surface area contributed by atoms with Crippen molar-refractivity contribution in [1.82, 2.24) is 0 Å². The van der Waals surface area contributed by atoms with Crippen LogP contribution in [0, 0.1) is 5.41 Å². The molecule has 2 aromatic carbocycles. The first-order valence-electron chi connectivity index (χ1n) is 11.3. The zero-order chi connectivity index (χ0) is 26.8. The smallest absolute Gasteiger partial charge is 0.203 e. The number of ether oxygens (including phenoxy) is 3. The average molecular weight is 499 g/mol. The van der Waals surface area contributed by atoms with Crippen molar-refractivity contribution in [3.05, 3.63) is 52.6 Å². The number of aromatic hydroxyl groups is 2. The van der Waals surface area contributed by atoms with Crippen molar-refractivity contribution < 1.29 is 43.9 Å². The summed E-state index contributed by atoms with van der Waals surface area (Å²) in [6.45, 7) is 3.59. The van der Waals surface area contributed by atoms with Crippen LogP contribution in [0.2, 0.25) is 0 Å². The quantitative estimate of drug-likeness (QED) is 0.270. The molecule has 36 heavy (non-hydrogen) atoms. The standard InChI is InChI=1S/C27H30O9/c1-14(2)6-9-21(31)27(13-18(30)23-16(28)7-8-17(29)24(23)26(27)33)22(32)12-15-10-19(34-3)25(36-5)20(11-15)35-4/h6-8,10-11,21,28-29,31H,9,12-13H2,1-5H3/t21-,27?/m1/s1. The molecule has 0 heterocycles. The number of allylic oxidation sites excluding steroid dienone is 1. The number of phenols is 2. The first kappa shape index (κ1) is 26.7. The summed E-state index contributed by atoms with van der Waals surface area (Å²) in [7, 11) is 4.28. The number of phenolic OH excluding ortho intramolecular Hbond substituents is 2. The Bertz CT molecular complexity index is 1220. The van der Waals surface area contributed by atoms with Gasteiger partial charge in [0.15, 0.2) is 28.8 Å². The lowest BCUT2D eigenvalue weighted by Crippen LogP contribution is -2.53. The molecule has 0 amide bonds. The van der Waals surface area contributed by atoms with E-state index in [0.717, 1.165) is 17.7 Å². The molecule has 0 bridgehead atoms. The van der Waals surface area contributed by atoms with Gasteiger partial charge in [-0.25, -0.2) is 0 Å². The number of Topliss-reactive ketones (excluding diaryl/α,β-unsaturated/α-hetero) is 3. The van der Waals surface area contributed by atoms with E-state index in [0.29, 0.717) is 11.3 Å². The van der Waals surface area contributed by atoms with Crippen molar-refractivity contribution in [3.63, 3.8) is 0 Å². The van der Waals surface area contributed by atoms with Gasteiger partial charge in [0.05, 0.1) is 38.6 Å². The molecule has 0 spiro atoms. The monoisotopic (exact) mass is 498 g/mol. The second-order valence-corrected chi connectivity index (χ2v) is 8.92. The van der Waals surface area contributed by atoms with Gasteiger partial charge in [-0.05, 0) is 50.1 Å². The molecule has 1 aliphatic carbocycles. The number of methoxy groups -OCH3 is 3. The summed E-state index contributed by atoms with van der Waals surface area (Å²) >= 11 is 0. The van der Waals surface area contributed by atoms with Crippen LogP contribution < -0.4 is 14.2 Å². The minimum Gasteiger partial charge on any atom is -0.507 e. The first-order chi connectivity index (χ1) is 17.0. The van der Waals surface area contributed by atoms with E-state index in [-0.39, 0.29) is 29.9 Å². The highest BCUT2D eigenvalue weighted by atomic mass is 16.5. The summed E-state index contributed by atoms with van der Waals surface area (Å²) in [4.78, 5) is 40.9. The number of rotatable bonds is 9. The number of hydrogen-bond acceptors (Lipinski definition) is 9. The fourth-order valence-electron chi connectivity index (χ4n) is 4.55. The number of carbonyl (C=O) groups excluding carboxylic acids is 3. The Balaban J connectivity index is 2.17. The third kappa shape index (κ3) is 4.54. The molecule has 0 saturated heterocycles. The van der Waals surface area contributed by atoms with E-state index in [9.17, 15) is 29.7 Å². The van der Waals surface area contributed by atoms with Gasteiger partial charge in [0.25, 0.3) is 0 Å². The predicted molar refractivity (Wildman–Crippen MR) is 130 cm³/mol. The van der Waals surface area contributed by atoms with Crippen LogP contribution in [-0.4, -0.2) is 60.1 Å². The van der Waals surface area contributed by atoms with Crippen LogP contribution in [-0.2, 0) is 11.2 Å². The van der Waals surface area contributed by atoms with Gasteiger partial charge in [-0.2, -0.15) is 0 Å². The van der Waals surface area contributed by atoms with E-state index >= 15 is 0 Å². The summed E-state index contributed by atoms with van der Waals surface area (Å²) in [6.07, 6.45) is -0.979. The first-order valence-corrected chi connectivity index (χ1v) is 11.3. The van der Waals surface area contributed by atoms with Gasteiger partial charge >= 0.3 is 0 Å². The molecule has 9 nitrogen and oxygen atoms in total. The van der Waals surface area contributed by atoms with Crippen molar-refractivity contribution in [3.8, 4) is 28.7 Å². The predicted octanol–water partition coefficient (Wildman–Crippen LogP) is 3.41. The maximum absolute atomic E-state index is 13.9. The zero-order valence-electron chi connectivity index (χ0n) is 20.9. The molecule has 1 aliphatic rings. The van der Waals surface area contributed by atoms with Crippen LogP contribution >= 0.6 is 0 Å². The normalized spacial score (nSPS) is 17.7. The molecule has 0 aliphatic heterocycles. The summed E-state index contributed by atoms with van der Waals surface area (Å²) < 4.78 is 16.0. The molecule has 0 saturated carbocycles. The van der Waals surface area contributed by atoms with Crippen LogP contribution in [0.5, 0.6) is 28.7 Å². The van der Waals surface area contributed by atoms with E-state index in [4.69, 9.17) is 14.2 Å². The van der Waals surface area contributed by atoms with Crippen molar-refractivity contribution in [1.29, 1.82) is 0 Å². The van der Waals surface area contributed by atoms with Crippen molar-refractivity contribution >= 4 is 17.3 Å². The van der Waals surface area contributed by atoms with Crippen LogP contribution in [0.1, 0.15) is 53.0 Å². The highest BCUT2D eigenvalue weighted by molar-refractivity contribution is 6.26. The number of ketones is 3. The third-order valence-electron chi connectivity index (χ3n) is 6.42. The molecule has 192 valence electrons. The fraction of sp³-hybridized carbons (Fsp3) is 0.370. The van der Waals surface area contributed by atoms with Crippen molar-refractivity contribution in [2.45, 2.75) is 39.2 Å². The molecule has 0 radical (unpaired) electrons. The maximum atomic E-state index is 13.9. The third-order valence-corrected chi connectivity index (χ3v) is 6.42. The molecule has 1 unspecified atom stereocenters. The van der Waals surface area contributed by atoms with Crippen molar-refractivity contribution in [2.75, 3.05) is 21.3 Å². The van der Waals surface area contributed by atoms with Crippen molar-refractivity contribution in [2.24, 2.45) is 5.41 Å². The summed E-state index contributed by atoms with van der Waals surface area (Å²) in [6, 6.07) is 5.26. The largest absolute Gasteiger partial charge is 0.507 e. The number of benzene rings is 2. The minimum atomic E-state index is -2.18. The molecule has 2 aromatic rings. The van der Waals surface area contributed by atoms with Crippen LogP contribution in [0.4, 0.5) is 0 Å². The summed E-state index contributed by atoms with van der Waals surface area (Å²) in [5.74, 6) is -2.52. The lowest BCUT2D eigenvalue weighted by molar-refractivity contribution is -0.131. The average Bonchev–Trinajstić information content (AvgIpc) is 2.85. The van der Waals surface area contributed by atoms with E-state index < -0.39 is 52.4 Å². The molecule has 0 aromatic heterocycles. The van der Waals surface area contributed by atoms with E-state index in [1.807, 2.05) is 0 Å². The van der Waals surface area contributed by atoms with Gasteiger partial charge in [0.2, 0.25) is 5.75 Å². The number of carbonyl (C=O) groups is 3. The minimum absolute atomic E-state index is 0.0722. The van der Waals surface area contributed by atoms with Gasteiger partial charge in [-0.1, -0.05) is 11.6 Å². The van der Waals surface area contributed by atoms with Gasteiger partial charge in [0, 0.05) is 12.8 Å². The Morgan fingerprint density at radius 3 is 2.06 bits per heavy atom. The molecular weight excluding hydrogens is 468 g/mol. The fourth-order valence-corrected chi connectivity index (χ4v) is 4.55. The SMILES string of the molecule is COc1cc(CC(=O)C2([C@H](O)CC=C(C)C)CC(=O)c3c(O)ccc(O)c3C2=O)cc(OC)c1OC. The second kappa shape index (κ2) is 10.4. The lowest BCUT2D eigenvalue weighted by Gasteiger charge is -2.38. The number of aliphatic hydroxyl groups is 1. The Morgan fingerprint density at radius 1 is 1.00 bits per heavy atom. The zero-order valence-corrected chi connectivity index (χ0v) is 20.9. The van der Waals surface area contributed by atoms with E-state index in [1.165, 1.54) is 21.3 Å². The Morgan fingerprint density at radius 2 is 1.56 bits per heavy atom. The lowest BCUT2D eigenvalue weighted by atomic mass is 9.62. The maximum Gasteiger partial charge on any atom is 0.203 e. The number of fused-ring (bicyclic) bond motifs is 1. The Hall–Kier alpha value is -3.85. The Labute approximate surface area is 208 Å². The van der Waals surface area contributed by atoms with Gasteiger partial charge in [-0.15, -0.1) is 0 Å². The highest BCUT2D eigenvalue weighted by Gasteiger charge is 2.56. The molecule has 2 atom stereocenters. The van der Waals surface area contributed by atoms with Gasteiger partial charge in [-0.3, -0.25) is 14.4 Å². The van der Waals surface area contributed by atoms with Crippen LogP contribution in [0.25, 0.3) is 0 Å². The van der Waals surface area contributed by atoms with E-state index in [2.05, 4.69) is 0 Å². The number of aliphatic hydroxyl groups excluding tert-OH is 1. The molecule has 3 rings (SSSR count). The molecule has 9 heteroatoms. The summed E-state index contributed by atoms with van der Waals surface area (Å²) in [5.41, 5.74) is -1.76. The highest BCUT2D eigenvalue weighted by Crippen LogP contribution is 2.47. The molecular formula is C27H30O9. The van der Waals surface area contributed by atoms with Crippen LogP contribution in [0.3, 0.4) is 0 Å². The van der Waals surface area contributed by atoms with E-state index in [1.54, 1.807) is 32.1 Å². The molecule has 0 fully saturated rings. The molecule has 3 N–H and O–H groups in total.